The molecule has 0 atom stereocenters. The number of para-hydroxylation sites is 1. The highest BCUT2D eigenvalue weighted by Gasteiger charge is 2.24. The van der Waals surface area contributed by atoms with E-state index in [1.54, 1.807) is 0 Å². The maximum atomic E-state index is 2.39. The second kappa shape index (κ2) is 5.99. The summed E-state index contributed by atoms with van der Waals surface area (Å²) in [4.78, 5) is 3.73. The van der Waals surface area contributed by atoms with Gasteiger partial charge in [-0.15, -0.1) is 0 Å². The molecule has 2 aromatic carbocycles. The Hall–Kier alpha value is -2.26. The van der Waals surface area contributed by atoms with Gasteiger partial charge in [0, 0.05) is 35.0 Å². The Balaban J connectivity index is 1.82. The van der Waals surface area contributed by atoms with E-state index in [-0.39, 0.29) is 0 Å². The normalized spacial score (nSPS) is 15.3. The lowest BCUT2D eigenvalue weighted by Crippen LogP contribution is -2.33. The number of pyridine rings is 1. The minimum absolute atomic E-state index is 0.978. The zero-order chi connectivity index (χ0) is 16.7. The second-order valence-corrected chi connectivity index (χ2v) is 7.24. The molecule has 0 spiro atoms. The highest BCUT2D eigenvalue weighted by Crippen LogP contribution is 2.46. The summed E-state index contributed by atoms with van der Waals surface area (Å²) in [5.41, 5.74) is 5.10. The fraction of sp³-hybridized carbons (Fsp3) is 0.190. The van der Waals surface area contributed by atoms with Gasteiger partial charge in [-0.25, -0.2) is 0 Å². The number of hydrogen-bond acceptors (Lipinski definition) is 2. The Kier molecular flexibility index (Phi) is 3.81. The first-order valence-electron chi connectivity index (χ1n) is 8.33. The zero-order valence-corrected chi connectivity index (χ0v) is 15.1. The molecule has 3 aromatic rings. The second-order valence-electron chi connectivity index (χ2n) is 6.18. The van der Waals surface area contributed by atoms with Gasteiger partial charge in [-0.2, -0.15) is 4.57 Å². The lowest BCUT2D eigenvalue weighted by atomic mass is 10.1. The van der Waals surface area contributed by atoms with Crippen molar-refractivity contribution in [3.05, 3.63) is 70.9 Å². The third-order valence-corrected chi connectivity index (χ3v) is 5.70. The fourth-order valence-corrected chi connectivity index (χ4v) is 4.44. The van der Waals surface area contributed by atoms with E-state index in [2.05, 4.69) is 91.0 Å². The molecule has 0 unspecified atom stereocenters. The SMILES string of the molecule is CCN1/C(=C/c2ccc3ccc(C)cc3[n+]2C)Sc2ccccc21. The van der Waals surface area contributed by atoms with Crippen molar-refractivity contribution in [3.8, 4) is 0 Å². The van der Waals surface area contributed by atoms with E-state index < -0.39 is 0 Å². The number of aryl methyl sites for hydroxylation is 2. The monoisotopic (exact) mass is 333 g/mol. The molecular weight excluding hydrogens is 312 g/mol. The highest BCUT2D eigenvalue weighted by molar-refractivity contribution is 8.03. The first-order chi connectivity index (χ1) is 11.7. The van der Waals surface area contributed by atoms with E-state index in [1.807, 2.05) is 11.8 Å². The van der Waals surface area contributed by atoms with Gasteiger partial charge >= 0.3 is 0 Å². The van der Waals surface area contributed by atoms with E-state index in [1.165, 1.54) is 37.8 Å². The minimum Gasteiger partial charge on any atom is -0.335 e. The lowest BCUT2D eigenvalue weighted by molar-refractivity contribution is -0.646. The number of fused-ring (bicyclic) bond motifs is 2. The number of benzene rings is 2. The molecule has 24 heavy (non-hydrogen) atoms. The van der Waals surface area contributed by atoms with E-state index in [0.717, 1.165) is 6.54 Å². The number of hydrogen-bond donors (Lipinski definition) is 0. The van der Waals surface area contributed by atoms with Crippen LogP contribution in [0.2, 0.25) is 0 Å². The lowest BCUT2D eigenvalue weighted by Gasteiger charge is -2.17. The van der Waals surface area contributed by atoms with Gasteiger partial charge in [0.05, 0.1) is 10.7 Å². The Morgan fingerprint density at radius 2 is 1.88 bits per heavy atom. The predicted molar refractivity (Wildman–Crippen MR) is 103 cm³/mol. The van der Waals surface area contributed by atoms with Crippen molar-refractivity contribution in [1.29, 1.82) is 0 Å². The Bertz CT molecular complexity index is 959. The average Bonchev–Trinajstić information content (AvgIpc) is 2.95. The topological polar surface area (TPSA) is 7.12 Å². The van der Waals surface area contributed by atoms with Gasteiger partial charge in [0.25, 0.3) is 0 Å². The fourth-order valence-electron chi connectivity index (χ4n) is 3.27. The van der Waals surface area contributed by atoms with Crippen LogP contribution < -0.4 is 9.47 Å². The van der Waals surface area contributed by atoms with E-state index in [0.29, 0.717) is 0 Å². The number of aromatic nitrogens is 1. The van der Waals surface area contributed by atoms with Crippen LogP contribution in [0.3, 0.4) is 0 Å². The van der Waals surface area contributed by atoms with Crippen molar-refractivity contribution in [2.75, 3.05) is 11.4 Å². The average molecular weight is 333 g/mol. The maximum Gasteiger partial charge on any atom is 0.212 e. The van der Waals surface area contributed by atoms with Crippen LogP contribution in [0.15, 0.2) is 64.5 Å². The summed E-state index contributed by atoms with van der Waals surface area (Å²) in [7, 11) is 2.15. The molecule has 1 aliphatic rings. The standard InChI is InChI=1S/C21H21N2S/c1-4-23-18-7-5-6-8-20(18)24-21(23)14-17-12-11-16-10-9-15(2)13-19(16)22(17)3/h5-14H,4H2,1-3H3/q+1. The van der Waals surface area contributed by atoms with Crippen LogP contribution in [0.25, 0.3) is 17.0 Å². The molecule has 1 aliphatic heterocycles. The molecule has 2 nitrogen and oxygen atoms in total. The molecule has 0 saturated heterocycles. The molecule has 1 aromatic heterocycles. The van der Waals surface area contributed by atoms with Crippen molar-refractivity contribution in [2.24, 2.45) is 7.05 Å². The molecule has 3 heteroatoms. The molecule has 0 amide bonds. The summed E-state index contributed by atoms with van der Waals surface area (Å²) in [5, 5.41) is 2.57. The summed E-state index contributed by atoms with van der Waals surface area (Å²) in [5.74, 6) is 0. The van der Waals surface area contributed by atoms with Gasteiger partial charge < -0.3 is 4.90 Å². The summed E-state index contributed by atoms with van der Waals surface area (Å²) < 4.78 is 2.28. The summed E-state index contributed by atoms with van der Waals surface area (Å²) >= 11 is 1.85. The van der Waals surface area contributed by atoms with Crippen molar-refractivity contribution in [2.45, 2.75) is 18.7 Å². The van der Waals surface area contributed by atoms with Gasteiger partial charge in [-0.1, -0.05) is 30.0 Å². The number of nitrogens with zero attached hydrogens (tertiary/aromatic N) is 2. The Morgan fingerprint density at radius 1 is 1.08 bits per heavy atom. The molecule has 2 heterocycles. The molecule has 4 rings (SSSR count). The van der Waals surface area contributed by atoms with Gasteiger partial charge in [0.2, 0.25) is 11.2 Å². The Morgan fingerprint density at radius 3 is 2.71 bits per heavy atom. The van der Waals surface area contributed by atoms with Crippen LogP contribution in [0, 0.1) is 6.92 Å². The van der Waals surface area contributed by atoms with Crippen LogP contribution in [0.1, 0.15) is 18.2 Å². The van der Waals surface area contributed by atoms with Gasteiger partial charge in [-0.05, 0) is 43.7 Å². The Labute approximate surface area is 147 Å². The molecule has 0 aliphatic carbocycles. The van der Waals surface area contributed by atoms with Crippen LogP contribution in [-0.2, 0) is 7.05 Å². The molecule has 0 saturated carbocycles. The van der Waals surface area contributed by atoms with E-state index >= 15 is 0 Å². The molecule has 0 N–H and O–H groups in total. The van der Waals surface area contributed by atoms with Gasteiger partial charge in [0.15, 0.2) is 0 Å². The third-order valence-electron chi connectivity index (χ3n) is 4.59. The van der Waals surface area contributed by atoms with Crippen molar-refractivity contribution in [3.63, 3.8) is 0 Å². The summed E-state index contributed by atoms with van der Waals surface area (Å²) in [6, 6.07) is 19.7. The van der Waals surface area contributed by atoms with E-state index in [9.17, 15) is 0 Å². The van der Waals surface area contributed by atoms with Gasteiger partial charge in [0.1, 0.15) is 7.05 Å². The predicted octanol–water partition coefficient (Wildman–Crippen LogP) is 4.90. The molecular formula is C21H21N2S+. The molecule has 0 fully saturated rings. The van der Waals surface area contributed by atoms with Crippen molar-refractivity contribution < 1.29 is 4.57 Å². The maximum absolute atomic E-state index is 2.39. The molecule has 120 valence electrons. The van der Waals surface area contributed by atoms with Crippen LogP contribution in [0.4, 0.5) is 5.69 Å². The molecule has 0 bridgehead atoms. The largest absolute Gasteiger partial charge is 0.335 e. The zero-order valence-electron chi connectivity index (χ0n) is 14.3. The quantitative estimate of drug-likeness (QED) is 0.616. The molecule has 0 radical (unpaired) electrons. The van der Waals surface area contributed by atoms with Crippen LogP contribution in [-0.4, -0.2) is 6.54 Å². The summed E-state index contributed by atoms with van der Waals surface area (Å²) in [6.07, 6.45) is 2.30. The summed E-state index contributed by atoms with van der Waals surface area (Å²) in [6.45, 7) is 5.33. The van der Waals surface area contributed by atoms with E-state index in [4.69, 9.17) is 0 Å². The smallest absolute Gasteiger partial charge is 0.212 e. The highest BCUT2D eigenvalue weighted by atomic mass is 32.2. The van der Waals surface area contributed by atoms with Crippen molar-refractivity contribution >= 4 is 34.4 Å². The number of anilines is 1. The number of rotatable bonds is 2. The first-order valence-corrected chi connectivity index (χ1v) is 9.14. The minimum atomic E-state index is 0.978. The third kappa shape index (κ3) is 2.49. The van der Waals surface area contributed by atoms with Crippen molar-refractivity contribution in [1.82, 2.24) is 0 Å². The van der Waals surface area contributed by atoms with Crippen LogP contribution in [0.5, 0.6) is 0 Å². The van der Waals surface area contributed by atoms with Crippen LogP contribution >= 0.6 is 11.8 Å². The van der Waals surface area contributed by atoms with Gasteiger partial charge in [-0.3, -0.25) is 0 Å². The number of thioether (sulfide) groups is 1. The first kappa shape index (κ1) is 15.3.